The Balaban J connectivity index is 2.14. The number of aryl methyl sites for hydroxylation is 1. The molecule has 1 unspecified atom stereocenters. The van der Waals surface area contributed by atoms with E-state index >= 15 is 0 Å². The van der Waals surface area contributed by atoms with E-state index in [1.165, 1.54) is 0 Å². The maximum Gasteiger partial charge on any atom is 0.151 e. The van der Waals surface area contributed by atoms with E-state index in [4.69, 9.17) is 0 Å². The number of nitrogens with zero attached hydrogens (tertiary/aromatic N) is 1. The Morgan fingerprint density at radius 2 is 2.16 bits per heavy atom. The molecule has 0 spiro atoms. The molecule has 0 aromatic heterocycles. The van der Waals surface area contributed by atoms with E-state index in [0.29, 0.717) is 13.0 Å². The average molecular weight is 348 g/mol. The van der Waals surface area contributed by atoms with E-state index in [-0.39, 0.29) is 23.3 Å². The molecule has 1 fully saturated rings. The summed E-state index contributed by atoms with van der Waals surface area (Å²) < 4.78 is 23.9. The number of hydrogen-bond donors (Lipinski definition) is 1. The number of phenols is 1. The van der Waals surface area contributed by atoms with Crippen LogP contribution in [0.4, 0.5) is 0 Å². The van der Waals surface area contributed by atoms with Crippen molar-refractivity contribution in [1.82, 2.24) is 4.90 Å². The molecule has 6 heteroatoms. The van der Waals surface area contributed by atoms with Crippen LogP contribution in [0.25, 0.3) is 0 Å². The molecule has 1 saturated heterocycles. The maximum atomic E-state index is 11.5. The van der Waals surface area contributed by atoms with Gasteiger partial charge in [-0.2, -0.15) is 0 Å². The van der Waals surface area contributed by atoms with E-state index < -0.39 is 9.84 Å². The largest absolute Gasteiger partial charge is 0.507 e. The zero-order valence-electron chi connectivity index (χ0n) is 11.1. The summed E-state index contributed by atoms with van der Waals surface area (Å²) in [6.45, 7) is 2.40. The zero-order valence-corrected chi connectivity index (χ0v) is 13.5. The van der Waals surface area contributed by atoms with E-state index in [9.17, 15) is 13.5 Å². The number of halogens is 1. The molecule has 1 aromatic rings. The monoisotopic (exact) mass is 347 g/mol. The van der Waals surface area contributed by atoms with Gasteiger partial charge in [-0.15, -0.1) is 0 Å². The summed E-state index contributed by atoms with van der Waals surface area (Å²) in [6, 6.07) is 3.78. The Morgan fingerprint density at radius 1 is 1.47 bits per heavy atom. The van der Waals surface area contributed by atoms with Crippen LogP contribution in [0.2, 0.25) is 0 Å². The highest BCUT2D eigenvalue weighted by Gasteiger charge is 2.30. The highest BCUT2D eigenvalue weighted by atomic mass is 79.9. The van der Waals surface area contributed by atoms with Crippen molar-refractivity contribution in [3.8, 4) is 5.75 Å². The van der Waals surface area contributed by atoms with Gasteiger partial charge < -0.3 is 5.11 Å². The van der Waals surface area contributed by atoms with Gasteiger partial charge >= 0.3 is 0 Å². The van der Waals surface area contributed by atoms with E-state index in [1.807, 2.05) is 31.0 Å². The first-order valence-electron chi connectivity index (χ1n) is 6.17. The maximum absolute atomic E-state index is 11.5. The minimum Gasteiger partial charge on any atom is -0.507 e. The number of sulfone groups is 1. The third-order valence-corrected chi connectivity index (χ3v) is 5.80. The minimum atomic E-state index is -2.87. The van der Waals surface area contributed by atoms with Crippen molar-refractivity contribution in [1.29, 1.82) is 0 Å². The molecule has 1 N–H and O–H groups in total. The van der Waals surface area contributed by atoms with Crippen molar-refractivity contribution in [2.45, 2.75) is 25.9 Å². The lowest BCUT2D eigenvalue weighted by atomic mass is 10.1. The predicted molar refractivity (Wildman–Crippen MR) is 79.1 cm³/mol. The highest BCUT2D eigenvalue weighted by Crippen LogP contribution is 2.29. The lowest BCUT2D eigenvalue weighted by Crippen LogP contribution is -2.32. The summed E-state index contributed by atoms with van der Waals surface area (Å²) in [7, 11) is -0.969. The van der Waals surface area contributed by atoms with Crippen LogP contribution in [-0.2, 0) is 16.4 Å². The summed E-state index contributed by atoms with van der Waals surface area (Å²) in [4.78, 5) is 2.01. The summed E-state index contributed by atoms with van der Waals surface area (Å²) in [5.74, 6) is 0.777. The fourth-order valence-electron chi connectivity index (χ4n) is 2.45. The molecule has 0 saturated carbocycles. The molecule has 106 valence electrons. The standard InChI is InChI=1S/C13H18BrNO3S/c1-9-5-11(14)6-10(13(9)16)7-15(2)12-3-4-19(17,18)8-12/h5-6,12,16H,3-4,7-8H2,1-2H3. The van der Waals surface area contributed by atoms with Gasteiger partial charge in [0.05, 0.1) is 11.5 Å². The first-order valence-corrected chi connectivity index (χ1v) is 8.78. The van der Waals surface area contributed by atoms with Gasteiger partial charge in [-0.25, -0.2) is 8.42 Å². The zero-order chi connectivity index (χ0) is 14.2. The molecule has 1 aliphatic rings. The molecule has 1 atom stereocenters. The van der Waals surface area contributed by atoms with E-state index in [0.717, 1.165) is 15.6 Å². The number of benzene rings is 1. The average Bonchev–Trinajstić information content (AvgIpc) is 2.66. The molecule has 0 bridgehead atoms. The molecule has 2 rings (SSSR count). The summed E-state index contributed by atoms with van der Waals surface area (Å²) in [5.41, 5.74) is 1.63. The van der Waals surface area contributed by atoms with Gasteiger partial charge in [0.2, 0.25) is 0 Å². The van der Waals surface area contributed by atoms with E-state index in [1.54, 1.807) is 0 Å². The normalized spacial score (nSPS) is 22.0. The molecular weight excluding hydrogens is 330 g/mol. The van der Waals surface area contributed by atoms with Crippen LogP contribution in [0.5, 0.6) is 5.75 Å². The molecule has 0 radical (unpaired) electrons. The van der Waals surface area contributed by atoms with Crippen molar-refractivity contribution in [3.05, 3.63) is 27.7 Å². The van der Waals surface area contributed by atoms with Crippen LogP contribution in [0.15, 0.2) is 16.6 Å². The van der Waals surface area contributed by atoms with Gasteiger partial charge in [0.1, 0.15) is 5.75 Å². The number of phenolic OH excluding ortho intramolecular Hbond substituents is 1. The van der Waals surface area contributed by atoms with Crippen LogP contribution in [0, 0.1) is 6.92 Å². The van der Waals surface area contributed by atoms with Gasteiger partial charge in [-0.1, -0.05) is 15.9 Å². The van der Waals surface area contributed by atoms with Gasteiger partial charge in [-0.05, 0) is 38.1 Å². The van der Waals surface area contributed by atoms with Crippen LogP contribution in [0.1, 0.15) is 17.5 Å². The lowest BCUT2D eigenvalue weighted by molar-refractivity contribution is 0.250. The SMILES string of the molecule is Cc1cc(Br)cc(CN(C)C2CCS(=O)(=O)C2)c1O. The first-order chi connectivity index (χ1) is 8.78. The number of hydrogen-bond acceptors (Lipinski definition) is 4. The number of aromatic hydroxyl groups is 1. The summed E-state index contributed by atoms with van der Waals surface area (Å²) >= 11 is 3.41. The Labute approximate surface area is 122 Å². The van der Waals surface area contributed by atoms with Crippen LogP contribution < -0.4 is 0 Å². The Bertz CT molecular complexity index is 586. The molecule has 0 amide bonds. The predicted octanol–water partition coefficient (Wildman–Crippen LogP) is 2.08. The molecule has 19 heavy (non-hydrogen) atoms. The topological polar surface area (TPSA) is 57.6 Å². The Hall–Kier alpha value is -0.590. The molecule has 1 heterocycles. The fourth-order valence-corrected chi connectivity index (χ4v) is 4.87. The van der Waals surface area contributed by atoms with Crippen molar-refractivity contribution >= 4 is 25.8 Å². The molecule has 1 aromatic carbocycles. The second-order valence-corrected chi connectivity index (χ2v) is 8.35. The Morgan fingerprint density at radius 3 is 2.74 bits per heavy atom. The number of rotatable bonds is 3. The second kappa shape index (κ2) is 5.42. The lowest BCUT2D eigenvalue weighted by Gasteiger charge is -2.24. The smallest absolute Gasteiger partial charge is 0.151 e. The highest BCUT2D eigenvalue weighted by molar-refractivity contribution is 9.10. The third-order valence-electron chi connectivity index (χ3n) is 3.60. The van der Waals surface area contributed by atoms with Gasteiger partial charge in [0, 0.05) is 22.6 Å². The van der Waals surface area contributed by atoms with Crippen molar-refractivity contribution < 1.29 is 13.5 Å². The van der Waals surface area contributed by atoms with Crippen LogP contribution >= 0.6 is 15.9 Å². The van der Waals surface area contributed by atoms with Crippen molar-refractivity contribution in [2.24, 2.45) is 0 Å². The molecule has 4 nitrogen and oxygen atoms in total. The Kier molecular flexibility index (Phi) is 4.23. The van der Waals surface area contributed by atoms with Crippen molar-refractivity contribution in [2.75, 3.05) is 18.6 Å². The molecular formula is C13H18BrNO3S. The van der Waals surface area contributed by atoms with Gasteiger partial charge in [-0.3, -0.25) is 4.90 Å². The molecule has 1 aliphatic heterocycles. The summed E-state index contributed by atoms with van der Waals surface area (Å²) in [5, 5.41) is 10.1. The quantitative estimate of drug-likeness (QED) is 0.909. The molecule has 0 aliphatic carbocycles. The van der Waals surface area contributed by atoms with E-state index in [2.05, 4.69) is 15.9 Å². The van der Waals surface area contributed by atoms with Crippen LogP contribution in [-0.4, -0.2) is 43.0 Å². The minimum absolute atomic E-state index is 0.0451. The summed E-state index contributed by atoms with van der Waals surface area (Å²) in [6.07, 6.45) is 0.673. The van der Waals surface area contributed by atoms with Crippen molar-refractivity contribution in [3.63, 3.8) is 0 Å². The van der Waals surface area contributed by atoms with Gasteiger partial charge in [0.15, 0.2) is 9.84 Å². The first kappa shape index (κ1) is 14.8. The fraction of sp³-hybridized carbons (Fsp3) is 0.538. The third kappa shape index (κ3) is 3.49. The second-order valence-electron chi connectivity index (χ2n) is 5.20. The van der Waals surface area contributed by atoms with Crippen LogP contribution in [0.3, 0.4) is 0 Å². The van der Waals surface area contributed by atoms with Gasteiger partial charge in [0.25, 0.3) is 0 Å².